The highest BCUT2D eigenvalue weighted by Crippen LogP contribution is 2.37. The molecule has 0 aromatic heterocycles. The Hall–Kier alpha value is 0.620. The van der Waals surface area contributed by atoms with E-state index in [1.165, 1.54) is 0 Å². The van der Waals surface area contributed by atoms with Crippen LogP contribution < -0.4 is 0 Å². The van der Waals surface area contributed by atoms with Crippen LogP contribution in [-0.2, 0) is 0 Å². The summed E-state index contributed by atoms with van der Waals surface area (Å²) in [5.41, 5.74) is -4.06. The Bertz CT molecular complexity index is 160. The molecule has 0 saturated heterocycles. The highest BCUT2D eigenvalue weighted by molar-refractivity contribution is 9.09. The van der Waals surface area contributed by atoms with E-state index in [-0.39, 0.29) is 17.5 Å². The van der Waals surface area contributed by atoms with Gasteiger partial charge in [-0.3, -0.25) is 0 Å². The van der Waals surface area contributed by atoms with Crippen molar-refractivity contribution in [2.45, 2.75) is 36.0 Å². The van der Waals surface area contributed by atoms with Crippen molar-refractivity contribution >= 4 is 27.7 Å². The van der Waals surface area contributed by atoms with Crippen LogP contribution in [0.4, 0.5) is 13.2 Å². The van der Waals surface area contributed by atoms with Gasteiger partial charge in [-0.1, -0.05) is 34.1 Å². The summed E-state index contributed by atoms with van der Waals surface area (Å²) in [7, 11) is 0. The zero-order valence-electron chi connectivity index (χ0n) is 7.11. The molecule has 78 valence electrons. The van der Waals surface area contributed by atoms with Crippen LogP contribution in [-0.4, -0.2) is 16.1 Å². The van der Waals surface area contributed by atoms with Gasteiger partial charge in [0, 0.05) is 10.6 Å². The van der Waals surface area contributed by atoms with E-state index >= 15 is 0 Å². The third-order valence-electron chi connectivity index (χ3n) is 2.32. The fraction of sp³-hybridized carbons (Fsp3) is 1.00. The second-order valence-corrected chi connectivity index (χ2v) is 5.63. The normalized spacial score (nSPS) is 29.5. The average molecular weight is 277 g/mol. The van der Waals surface area contributed by atoms with Crippen molar-refractivity contribution in [1.82, 2.24) is 0 Å². The molecule has 0 N–H and O–H groups in total. The minimum absolute atomic E-state index is 0.102. The molecule has 0 aromatic carbocycles. The average Bonchev–Trinajstić information content (AvgIpc) is 2.34. The number of rotatable bonds is 3. The third kappa shape index (κ3) is 4.58. The van der Waals surface area contributed by atoms with Gasteiger partial charge in [-0.2, -0.15) is 13.2 Å². The SMILES string of the molecule is FC(F)(F)SCCC1CCCC1Br. The van der Waals surface area contributed by atoms with Crippen LogP contribution in [0.1, 0.15) is 25.7 Å². The van der Waals surface area contributed by atoms with Crippen LogP contribution in [0.3, 0.4) is 0 Å². The summed E-state index contributed by atoms with van der Waals surface area (Å²) in [6, 6.07) is 0. The zero-order chi connectivity index (χ0) is 9.90. The predicted molar refractivity (Wildman–Crippen MR) is 53.2 cm³/mol. The highest BCUT2D eigenvalue weighted by atomic mass is 79.9. The number of hydrogen-bond acceptors (Lipinski definition) is 1. The quantitative estimate of drug-likeness (QED) is 0.697. The molecule has 0 heterocycles. The highest BCUT2D eigenvalue weighted by Gasteiger charge is 2.30. The fourth-order valence-electron chi connectivity index (χ4n) is 1.64. The van der Waals surface area contributed by atoms with Gasteiger partial charge in [-0.25, -0.2) is 0 Å². The number of thioether (sulfide) groups is 1. The predicted octanol–water partition coefficient (Wildman–Crippen LogP) is 4.19. The molecule has 0 amide bonds. The van der Waals surface area contributed by atoms with Gasteiger partial charge < -0.3 is 0 Å². The molecule has 1 fully saturated rings. The first-order chi connectivity index (χ1) is 5.99. The molecule has 1 rings (SSSR count). The molecule has 0 spiro atoms. The maximum absolute atomic E-state index is 11.8. The van der Waals surface area contributed by atoms with Crippen LogP contribution in [0.2, 0.25) is 0 Å². The molecule has 1 saturated carbocycles. The summed E-state index contributed by atoms with van der Waals surface area (Å²) in [6.07, 6.45) is 4.02. The Kier molecular flexibility index (Phi) is 4.42. The standard InChI is InChI=1S/C8H12BrF3S/c9-7-3-1-2-6(7)4-5-13-8(10,11)12/h6-7H,1-5H2. The molecule has 0 bridgehead atoms. The molecule has 0 aromatic rings. The van der Waals surface area contributed by atoms with Crippen LogP contribution in [0, 0.1) is 5.92 Å². The summed E-state index contributed by atoms with van der Waals surface area (Å²) in [6.45, 7) is 0. The molecular weight excluding hydrogens is 265 g/mol. The van der Waals surface area contributed by atoms with E-state index in [4.69, 9.17) is 0 Å². The maximum atomic E-state index is 11.8. The monoisotopic (exact) mass is 276 g/mol. The third-order valence-corrected chi connectivity index (χ3v) is 4.29. The first-order valence-corrected chi connectivity index (χ1v) is 6.24. The molecule has 0 radical (unpaired) electrons. The van der Waals surface area contributed by atoms with Gasteiger partial charge in [0.2, 0.25) is 0 Å². The van der Waals surface area contributed by atoms with Crippen LogP contribution in [0.25, 0.3) is 0 Å². The lowest BCUT2D eigenvalue weighted by Gasteiger charge is -2.13. The van der Waals surface area contributed by atoms with Gasteiger partial charge in [0.1, 0.15) is 0 Å². The lowest BCUT2D eigenvalue weighted by atomic mass is 10.1. The first kappa shape index (κ1) is 11.7. The minimum atomic E-state index is -4.06. The van der Waals surface area contributed by atoms with Crippen molar-refractivity contribution in [3.63, 3.8) is 0 Å². The van der Waals surface area contributed by atoms with E-state index in [0.717, 1.165) is 19.3 Å². The van der Waals surface area contributed by atoms with Gasteiger partial charge >= 0.3 is 5.51 Å². The molecule has 5 heteroatoms. The van der Waals surface area contributed by atoms with Gasteiger partial charge in [0.25, 0.3) is 0 Å². The molecule has 1 aliphatic carbocycles. The Morgan fingerprint density at radius 1 is 1.31 bits per heavy atom. The van der Waals surface area contributed by atoms with E-state index in [1.54, 1.807) is 0 Å². The smallest absolute Gasteiger partial charge is 0.160 e. The van der Waals surface area contributed by atoms with Gasteiger partial charge in [0.15, 0.2) is 0 Å². The van der Waals surface area contributed by atoms with Crippen molar-refractivity contribution in [2.75, 3.05) is 5.75 Å². The van der Waals surface area contributed by atoms with Crippen molar-refractivity contribution in [3.05, 3.63) is 0 Å². The van der Waals surface area contributed by atoms with Crippen molar-refractivity contribution in [3.8, 4) is 0 Å². The van der Waals surface area contributed by atoms with Gasteiger partial charge in [-0.15, -0.1) is 0 Å². The van der Waals surface area contributed by atoms with Crippen LogP contribution >= 0.6 is 27.7 Å². The summed E-state index contributed by atoms with van der Waals surface area (Å²) < 4.78 is 35.3. The second kappa shape index (κ2) is 4.91. The number of halogens is 4. The Morgan fingerprint density at radius 3 is 2.46 bits per heavy atom. The minimum Gasteiger partial charge on any atom is -0.160 e. The lowest BCUT2D eigenvalue weighted by molar-refractivity contribution is -0.0328. The van der Waals surface area contributed by atoms with Crippen molar-refractivity contribution in [1.29, 1.82) is 0 Å². The topological polar surface area (TPSA) is 0 Å². The summed E-state index contributed by atoms with van der Waals surface area (Å²) in [5.74, 6) is 0.658. The Balaban J connectivity index is 2.12. The molecule has 1 aliphatic rings. The van der Waals surface area contributed by atoms with Gasteiger partial charge in [-0.05, 0) is 25.2 Å². The van der Waals surface area contributed by atoms with Crippen molar-refractivity contribution in [2.24, 2.45) is 5.92 Å². The van der Waals surface area contributed by atoms with Crippen molar-refractivity contribution < 1.29 is 13.2 Å². The Morgan fingerprint density at radius 2 is 2.00 bits per heavy atom. The van der Waals surface area contributed by atoms with Gasteiger partial charge in [0.05, 0.1) is 0 Å². The van der Waals surface area contributed by atoms with E-state index < -0.39 is 5.51 Å². The van der Waals surface area contributed by atoms with E-state index in [1.807, 2.05) is 0 Å². The molecule has 2 atom stereocenters. The number of hydrogen-bond donors (Lipinski definition) is 0. The lowest BCUT2D eigenvalue weighted by Crippen LogP contribution is -2.09. The maximum Gasteiger partial charge on any atom is 0.441 e. The van der Waals surface area contributed by atoms with E-state index in [9.17, 15) is 13.2 Å². The number of alkyl halides is 4. The molecule has 2 unspecified atom stereocenters. The zero-order valence-corrected chi connectivity index (χ0v) is 9.51. The largest absolute Gasteiger partial charge is 0.441 e. The second-order valence-electron chi connectivity index (χ2n) is 3.29. The summed E-state index contributed by atoms with van der Waals surface area (Å²) in [4.78, 5) is 0.446. The molecule has 0 nitrogen and oxygen atoms in total. The molecule has 0 aliphatic heterocycles. The fourth-order valence-corrected chi connectivity index (χ4v) is 3.15. The van der Waals surface area contributed by atoms with E-state index in [2.05, 4.69) is 15.9 Å². The van der Waals surface area contributed by atoms with E-state index in [0.29, 0.717) is 17.2 Å². The van der Waals surface area contributed by atoms with Crippen LogP contribution in [0.15, 0.2) is 0 Å². The first-order valence-electron chi connectivity index (χ1n) is 4.34. The molecular formula is C8H12BrF3S. The summed E-state index contributed by atoms with van der Waals surface area (Å²) in [5, 5.41) is 0. The molecule has 13 heavy (non-hydrogen) atoms. The summed E-state index contributed by atoms with van der Waals surface area (Å²) >= 11 is 3.60. The Labute approximate surface area is 88.8 Å². The van der Waals surface area contributed by atoms with Crippen LogP contribution in [0.5, 0.6) is 0 Å².